The van der Waals surface area contributed by atoms with Crippen LogP contribution in [0.15, 0.2) is 30.3 Å². The number of amides is 1. The molecule has 1 aromatic rings. The standard InChI is InChI=1S/C17H26N2O2/c1-14(20)9-12-19(2)13-16(21)18-17(10-6-11-17)15-7-4-3-5-8-15/h3-5,7-8,14,20H,6,9-13H2,1-2H3,(H,18,21). The number of hydrogen-bond donors (Lipinski definition) is 2. The Balaban J connectivity index is 1.89. The molecule has 2 rings (SSSR count). The smallest absolute Gasteiger partial charge is 0.234 e. The Morgan fingerprint density at radius 2 is 2.05 bits per heavy atom. The number of rotatable bonds is 7. The van der Waals surface area contributed by atoms with Crippen LogP contribution >= 0.6 is 0 Å². The van der Waals surface area contributed by atoms with E-state index in [0.717, 1.165) is 25.8 Å². The minimum Gasteiger partial charge on any atom is -0.393 e. The van der Waals surface area contributed by atoms with E-state index in [1.54, 1.807) is 6.92 Å². The number of aliphatic hydroxyl groups excluding tert-OH is 1. The third kappa shape index (κ3) is 4.29. The van der Waals surface area contributed by atoms with Gasteiger partial charge in [0, 0.05) is 6.54 Å². The summed E-state index contributed by atoms with van der Waals surface area (Å²) < 4.78 is 0. The van der Waals surface area contributed by atoms with E-state index in [2.05, 4.69) is 17.4 Å². The molecule has 2 N–H and O–H groups in total. The van der Waals surface area contributed by atoms with Gasteiger partial charge in [-0.05, 0) is 45.2 Å². The molecule has 1 fully saturated rings. The fraction of sp³-hybridized carbons (Fsp3) is 0.588. The highest BCUT2D eigenvalue weighted by Crippen LogP contribution is 2.41. The molecule has 0 spiro atoms. The summed E-state index contributed by atoms with van der Waals surface area (Å²) >= 11 is 0. The predicted octanol–water partition coefficient (Wildman–Crippen LogP) is 1.88. The summed E-state index contributed by atoms with van der Waals surface area (Å²) in [4.78, 5) is 14.2. The third-order valence-electron chi connectivity index (χ3n) is 4.25. The van der Waals surface area contributed by atoms with E-state index in [-0.39, 0.29) is 17.6 Å². The van der Waals surface area contributed by atoms with Crippen LogP contribution in [0.1, 0.15) is 38.2 Å². The van der Waals surface area contributed by atoms with Crippen molar-refractivity contribution in [2.45, 2.75) is 44.2 Å². The summed E-state index contributed by atoms with van der Waals surface area (Å²) in [7, 11) is 1.91. The topological polar surface area (TPSA) is 52.6 Å². The molecular weight excluding hydrogens is 264 g/mol. The largest absolute Gasteiger partial charge is 0.393 e. The van der Waals surface area contributed by atoms with Crippen LogP contribution in [0.4, 0.5) is 0 Å². The molecule has 0 saturated heterocycles. The number of carbonyl (C=O) groups excluding carboxylic acids is 1. The summed E-state index contributed by atoms with van der Waals surface area (Å²) in [5, 5.41) is 12.5. The average molecular weight is 290 g/mol. The predicted molar refractivity (Wildman–Crippen MR) is 83.9 cm³/mol. The molecule has 1 aromatic carbocycles. The number of nitrogens with one attached hydrogen (secondary N) is 1. The highest BCUT2D eigenvalue weighted by Gasteiger charge is 2.39. The normalized spacial score (nSPS) is 18.1. The Labute approximate surface area is 127 Å². The van der Waals surface area contributed by atoms with E-state index in [4.69, 9.17) is 0 Å². The average Bonchev–Trinajstić information content (AvgIpc) is 2.41. The van der Waals surface area contributed by atoms with Crippen LogP contribution in [0, 0.1) is 0 Å². The van der Waals surface area contributed by atoms with Gasteiger partial charge in [0.05, 0.1) is 18.2 Å². The fourth-order valence-electron chi connectivity index (χ4n) is 2.81. The molecule has 116 valence electrons. The first-order valence-corrected chi connectivity index (χ1v) is 7.75. The minimum atomic E-state index is -0.321. The number of carbonyl (C=O) groups is 1. The van der Waals surface area contributed by atoms with Crippen molar-refractivity contribution >= 4 is 5.91 Å². The first-order valence-electron chi connectivity index (χ1n) is 7.75. The van der Waals surface area contributed by atoms with E-state index in [1.165, 1.54) is 5.56 Å². The van der Waals surface area contributed by atoms with Crippen LogP contribution in [0.3, 0.4) is 0 Å². The van der Waals surface area contributed by atoms with Gasteiger partial charge in [-0.1, -0.05) is 30.3 Å². The molecule has 21 heavy (non-hydrogen) atoms. The number of nitrogens with zero attached hydrogens (tertiary/aromatic N) is 1. The first-order chi connectivity index (χ1) is 10.0. The first kappa shape index (κ1) is 16.0. The third-order valence-corrected chi connectivity index (χ3v) is 4.25. The lowest BCUT2D eigenvalue weighted by Gasteiger charge is -2.43. The second kappa shape index (κ2) is 7.05. The molecular formula is C17H26N2O2. The molecule has 1 aliphatic carbocycles. The van der Waals surface area contributed by atoms with Gasteiger partial charge in [-0.3, -0.25) is 9.69 Å². The van der Waals surface area contributed by atoms with Crippen LogP contribution in [0.5, 0.6) is 0 Å². The lowest BCUT2D eigenvalue weighted by molar-refractivity contribution is -0.125. The van der Waals surface area contributed by atoms with Crippen molar-refractivity contribution in [3.05, 3.63) is 35.9 Å². The van der Waals surface area contributed by atoms with Crippen molar-refractivity contribution in [1.29, 1.82) is 0 Å². The monoisotopic (exact) mass is 290 g/mol. The summed E-state index contributed by atoms with van der Waals surface area (Å²) in [5.41, 5.74) is 1.04. The quantitative estimate of drug-likeness (QED) is 0.806. The van der Waals surface area contributed by atoms with E-state index in [9.17, 15) is 9.90 Å². The van der Waals surface area contributed by atoms with Crippen LogP contribution in [-0.2, 0) is 10.3 Å². The number of likely N-dealkylation sites (N-methyl/N-ethyl adjacent to an activating group) is 1. The molecule has 0 aromatic heterocycles. The Kier molecular flexibility index (Phi) is 5.37. The van der Waals surface area contributed by atoms with Gasteiger partial charge < -0.3 is 10.4 Å². The molecule has 0 heterocycles. The molecule has 4 nitrogen and oxygen atoms in total. The molecule has 1 amide bonds. The second-order valence-electron chi connectivity index (χ2n) is 6.23. The number of hydrogen-bond acceptors (Lipinski definition) is 3. The zero-order valence-corrected chi connectivity index (χ0v) is 13.0. The van der Waals surface area contributed by atoms with Crippen molar-refractivity contribution < 1.29 is 9.90 Å². The Hall–Kier alpha value is -1.39. The van der Waals surface area contributed by atoms with Crippen LogP contribution < -0.4 is 5.32 Å². The van der Waals surface area contributed by atoms with Gasteiger partial charge in [-0.25, -0.2) is 0 Å². The maximum Gasteiger partial charge on any atom is 0.234 e. The Morgan fingerprint density at radius 1 is 1.38 bits per heavy atom. The van der Waals surface area contributed by atoms with Gasteiger partial charge in [-0.15, -0.1) is 0 Å². The number of aliphatic hydroxyl groups is 1. The minimum absolute atomic E-state index is 0.0617. The zero-order valence-electron chi connectivity index (χ0n) is 13.0. The SMILES string of the molecule is CC(O)CCN(C)CC(=O)NC1(c2ccccc2)CCC1. The van der Waals surface area contributed by atoms with Gasteiger partial charge >= 0.3 is 0 Å². The summed E-state index contributed by atoms with van der Waals surface area (Å²) in [5.74, 6) is 0.0617. The van der Waals surface area contributed by atoms with E-state index in [1.807, 2.05) is 30.1 Å². The van der Waals surface area contributed by atoms with Crippen LogP contribution in [0.2, 0.25) is 0 Å². The molecule has 1 unspecified atom stereocenters. The highest BCUT2D eigenvalue weighted by molar-refractivity contribution is 5.79. The lowest BCUT2D eigenvalue weighted by Crippen LogP contribution is -2.53. The van der Waals surface area contributed by atoms with Crippen LogP contribution in [-0.4, -0.2) is 42.2 Å². The van der Waals surface area contributed by atoms with Crippen molar-refractivity contribution in [2.75, 3.05) is 20.1 Å². The molecule has 1 aliphatic rings. The van der Waals surface area contributed by atoms with Crippen molar-refractivity contribution in [3.8, 4) is 0 Å². The van der Waals surface area contributed by atoms with Gasteiger partial charge in [-0.2, -0.15) is 0 Å². The molecule has 0 radical (unpaired) electrons. The van der Waals surface area contributed by atoms with Crippen molar-refractivity contribution in [1.82, 2.24) is 10.2 Å². The summed E-state index contributed by atoms with van der Waals surface area (Å²) in [6, 6.07) is 10.2. The van der Waals surface area contributed by atoms with Gasteiger partial charge in [0.1, 0.15) is 0 Å². The summed E-state index contributed by atoms with van der Waals surface area (Å²) in [6.07, 6.45) is 3.55. The lowest BCUT2D eigenvalue weighted by atomic mass is 9.72. The fourth-order valence-corrected chi connectivity index (χ4v) is 2.81. The van der Waals surface area contributed by atoms with Crippen LogP contribution in [0.25, 0.3) is 0 Å². The Bertz CT molecular complexity index is 455. The van der Waals surface area contributed by atoms with Crippen molar-refractivity contribution in [2.24, 2.45) is 0 Å². The molecule has 0 aliphatic heterocycles. The Morgan fingerprint density at radius 3 is 2.57 bits per heavy atom. The van der Waals surface area contributed by atoms with Gasteiger partial charge in [0.15, 0.2) is 0 Å². The van der Waals surface area contributed by atoms with E-state index in [0.29, 0.717) is 13.0 Å². The van der Waals surface area contributed by atoms with Gasteiger partial charge in [0.2, 0.25) is 5.91 Å². The molecule has 1 saturated carbocycles. The zero-order chi connectivity index (χ0) is 15.3. The highest BCUT2D eigenvalue weighted by atomic mass is 16.3. The molecule has 4 heteroatoms. The summed E-state index contributed by atoms with van der Waals surface area (Å²) in [6.45, 7) is 2.87. The van der Waals surface area contributed by atoms with E-state index >= 15 is 0 Å². The maximum absolute atomic E-state index is 12.3. The maximum atomic E-state index is 12.3. The molecule has 0 bridgehead atoms. The molecule has 1 atom stereocenters. The number of benzene rings is 1. The van der Waals surface area contributed by atoms with Gasteiger partial charge in [0.25, 0.3) is 0 Å². The second-order valence-corrected chi connectivity index (χ2v) is 6.23. The van der Waals surface area contributed by atoms with Crippen molar-refractivity contribution in [3.63, 3.8) is 0 Å². The van der Waals surface area contributed by atoms with E-state index < -0.39 is 0 Å².